The van der Waals surface area contributed by atoms with Gasteiger partial charge in [-0.05, 0) is 36.1 Å². The molecule has 0 radical (unpaired) electrons. The summed E-state index contributed by atoms with van der Waals surface area (Å²) in [4.78, 5) is 11.5. The molecular weight excluding hydrogens is 240 g/mol. The largest absolute Gasteiger partial charge is 0.478 e. The van der Waals surface area contributed by atoms with Crippen LogP contribution in [-0.2, 0) is 19.4 Å². The molecule has 1 aromatic heterocycles. The zero-order chi connectivity index (χ0) is 14.0. The molecule has 4 heteroatoms. The first kappa shape index (κ1) is 13.6. The van der Waals surface area contributed by atoms with E-state index < -0.39 is 5.97 Å². The van der Waals surface area contributed by atoms with Crippen LogP contribution in [-0.4, -0.2) is 22.2 Å². The van der Waals surface area contributed by atoms with Gasteiger partial charge in [-0.3, -0.25) is 0 Å². The van der Waals surface area contributed by atoms with Gasteiger partial charge in [0, 0.05) is 24.7 Å². The highest BCUT2D eigenvalue weighted by Gasteiger charge is 2.16. The van der Waals surface area contributed by atoms with Crippen molar-refractivity contribution in [3.63, 3.8) is 0 Å². The highest BCUT2D eigenvalue weighted by Crippen LogP contribution is 2.27. The van der Waals surface area contributed by atoms with Crippen molar-refractivity contribution in [2.24, 2.45) is 5.73 Å². The molecule has 0 aliphatic carbocycles. The molecule has 4 nitrogen and oxygen atoms in total. The topological polar surface area (TPSA) is 68.2 Å². The third-order valence-electron chi connectivity index (χ3n) is 3.50. The molecule has 0 saturated heterocycles. The number of nitrogens with zero attached hydrogens (tertiary/aromatic N) is 1. The van der Waals surface area contributed by atoms with Gasteiger partial charge in [-0.1, -0.05) is 13.8 Å². The molecule has 2 aromatic rings. The second-order valence-corrected chi connectivity index (χ2v) is 4.69. The summed E-state index contributed by atoms with van der Waals surface area (Å²) in [5.41, 5.74) is 9.03. The predicted molar refractivity (Wildman–Crippen MR) is 76.7 cm³/mol. The molecule has 0 bridgehead atoms. The Balaban J connectivity index is 2.81. The van der Waals surface area contributed by atoms with Gasteiger partial charge in [0.25, 0.3) is 0 Å². The van der Waals surface area contributed by atoms with Crippen molar-refractivity contribution in [3.05, 3.63) is 35.0 Å². The lowest BCUT2D eigenvalue weighted by Gasteiger charge is -2.08. The number of carboxylic acid groups (broad SMARTS) is 1. The van der Waals surface area contributed by atoms with Crippen LogP contribution in [0.4, 0.5) is 0 Å². The van der Waals surface area contributed by atoms with Crippen molar-refractivity contribution >= 4 is 16.9 Å². The number of carbonyl (C=O) groups is 1. The first-order chi connectivity index (χ1) is 9.12. The van der Waals surface area contributed by atoms with E-state index >= 15 is 0 Å². The quantitative estimate of drug-likeness (QED) is 0.867. The third-order valence-corrected chi connectivity index (χ3v) is 3.50. The number of aromatic nitrogens is 1. The van der Waals surface area contributed by atoms with Crippen LogP contribution in [0, 0.1) is 0 Å². The third kappa shape index (κ3) is 2.36. The highest BCUT2D eigenvalue weighted by molar-refractivity contribution is 6.03. The van der Waals surface area contributed by atoms with E-state index in [9.17, 15) is 9.90 Å². The van der Waals surface area contributed by atoms with Gasteiger partial charge in [0.05, 0.1) is 11.1 Å². The Labute approximate surface area is 112 Å². The maximum Gasteiger partial charge on any atom is 0.337 e. The first-order valence-corrected chi connectivity index (χ1v) is 6.70. The van der Waals surface area contributed by atoms with Crippen molar-refractivity contribution in [1.29, 1.82) is 0 Å². The minimum Gasteiger partial charge on any atom is -0.478 e. The van der Waals surface area contributed by atoms with Crippen molar-refractivity contribution in [2.75, 3.05) is 6.54 Å². The lowest BCUT2D eigenvalue weighted by Crippen LogP contribution is -2.11. The number of hydrogen-bond donors (Lipinski definition) is 2. The van der Waals surface area contributed by atoms with Gasteiger partial charge in [0.2, 0.25) is 0 Å². The average Bonchev–Trinajstić information content (AvgIpc) is 2.76. The number of carboxylic acids is 1. The van der Waals surface area contributed by atoms with Crippen molar-refractivity contribution in [1.82, 2.24) is 4.57 Å². The summed E-state index contributed by atoms with van der Waals surface area (Å²) >= 11 is 0. The molecule has 0 saturated carbocycles. The first-order valence-electron chi connectivity index (χ1n) is 6.70. The second-order valence-electron chi connectivity index (χ2n) is 4.69. The Kier molecular flexibility index (Phi) is 3.90. The molecule has 0 fully saturated rings. The number of rotatable bonds is 5. The minimum absolute atomic E-state index is 0.377. The fourth-order valence-corrected chi connectivity index (χ4v) is 2.54. The Bertz CT molecular complexity index is 614. The van der Waals surface area contributed by atoms with Gasteiger partial charge in [-0.15, -0.1) is 0 Å². The minimum atomic E-state index is -0.876. The maximum absolute atomic E-state index is 11.5. The number of aryl methyl sites for hydroxylation is 2. The molecule has 0 spiro atoms. The second kappa shape index (κ2) is 5.45. The van der Waals surface area contributed by atoms with Crippen LogP contribution in [0.5, 0.6) is 0 Å². The molecular formula is C15H20N2O2. The van der Waals surface area contributed by atoms with Crippen LogP contribution >= 0.6 is 0 Å². The molecule has 0 atom stereocenters. The van der Waals surface area contributed by atoms with Gasteiger partial charge in [-0.25, -0.2) is 4.79 Å². The van der Waals surface area contributed by atoms with E-state index in [1.165, 1.54) is 5.56 Å². The van der Waals surface area contributed by atoms with Crippen LogP contribution in [0.3, 0.4) is 0 Å². The van der Waals surface area contributed by atoms with E-state index in [1.807, 2.05) is 17.7 Å². The Morgan fingerprint density at radius 1 is 1.32 bits per heavy atom. The van der Waals surface area contributed by atoms with E-state index in [4.69, 9.17) is 5.73 Å². The van der Waals surface area contributed by atoms with Gasteiger partial charge in [-0.2, -0.15) is 0 Å². The molecule has 0 aliphatic rings. The van der Waals surface area contributed by atoms with Crippen LogP contribution in [0.1, 0.15) is 35.3 Å². The van der Waals surface area contributed by atoms with Crippen molar-refractivity contribution in [2.45, 2.75) is 33.2 Å². The monoisotopic (exact) mass is 260 g/mol. The molecule has 0 aliphatic heterocycles. The lowest BCUT2D eigenvalue weighted by molar-refractivity contribution is 0.0698. The molecule has 3 N–H and O–H groups in total. The molecule has 1 heterocycles. The number of aromatic carboxylic acids is 1. The summed E-state index contributed by atoms with van der Waals surface area (Å²) in [5.74, 6) is -0.876. The van der Waals surface area contributed by atoms with E-state index in [0.717, 1.165) is 29.3 Å². The Hall–Kier alpha value is -1.81. The van der Waals surface area contributed by atoms with E-state index in [1.54, 1.807) is 6.07 Å². The van der Waals surface area contributed by atoms with Crippen LogP contribution < -0.4 is 5.73 Å². The number of benzene rings is 1. The SMILES string of the molecule is CCc1cc(C(=O)O)c2c(c1)c(CC)cn2CCN. The summed E-state index contributed by atoms with van der Waals surface area (Å²) in [7, 11) is 0. The number of nitrogens with two attached hydrogens (primary N) is 1. The van der Waals surface area contributed by atoms with Crippen molar-refractivity contribution in [3.8, 4) is 0 Å². The van der Waals surface area contributed by atoms with Gasteiger partial charge < -0.3 is 15.4 Å². The average molecular weight is 260 g/mol. The Morgan fingerprint density at radius 3 is 2.58 bits per heavy atom. The van der Waals surface area contributed by atoms with Gasteiger partial charge in [0.15, 0.2) is 0 Å². The normalized spacial score (nSPS) is 11.1. The smallest absolute Gasteiger partial charge is 0.337 e. The molecule has 0 unspecified atom stereocenters. The lowest BCUT2D eigenvalue weighted by atomic mass is 10.0. The Morgan fingerprint density at radius 2 is 2.05 bits per heavy atom. The standard InChI is InChI=1S/C15H20N2O2/c1-3-10-7-12-11(4-2)9-17(6-5-16)14(12)13(8-10)15(18)19/h7-9H,3-6,16H2,1-2H3,(H,18,19). The van der Waals surface area contributed by atoms with Crippen LogP contribution in [0.25, 0.3) is 10.9 Å². The molecule has 2 rings (SSSR count). The molecule has 102 valence electrons. The molecule has 0 amide bonds. The highest BCUT2D eigenvalue weighted by atomic mass is 16.4. The van der Waals surface area contributed by atoms with Crippen molar-refractivity contribution < 1.29 is 9.90 Å². The number of hydrogen-bond acceptors (Lipinski definition) is 2. The summed E-state index contributed by atoms with van der Waals surface area (Å²) in [5, 5.41) is 10.5. The fourth-order valence-electron chi connectivity index (χ4n) is 2.54. The van der Waals surface area contributed by atoms with Crippen LogP contribution in [0.15, 0.2) is 18.3 Å². The summed E-state index contributed by atoms with van der Waals surface area (Å²) in [6.07, 6.45) is 3.76. The zero-order valence-corrected chi connectivity index (χ0v) is 11.4. The summed E-state index contributed by atoms with van der Waals surface area (Å²) in [6, 6.07) is 3.88. The molecule has 1 aromatic carbocycles. The van der Waals surface area contributed by atoms with Gasteiger partial charge in [0.1, 0.15) is 0 Å². The van der Waals surface area contributed by atoms with E-state index in [-0.39, 0.29) is 0 Å². The summed E-state index contributed by atoms with van der Waals surface area (Å²) < 4.78 is 1.97. The van der Waals surface area contributed by atoms with E-state index in [0.29, 0.717) is 18.7 Å². The van der Waals surface area contributed by atoms with Crippen LogP contribution in [0.2, 0.25) is 0 Å². The number of fused-ring (bicyclic) bond motifs is 1. The summed E-state index contributed by atoms with van der Waals surface area (Å²) in [6.45, 7) is 5.26. The maximum atomic E-state index is 11.5. The van der Waals surface area contributed by atoms with Gasteiger partial charge >= 0.3 is 5.97 Å². The predicted octanol–water partition coefficient (Wildman–Crippen LogP) is 2.42. The molecule has 19 heavy (non-hydrogen) atoms. The fraction of sp³-hybridized carbons (Fsp3) is 0.400. The zero-order valence-electron chi connectivity index (χ0n) is 11.4. The van der Waals surface area contributed by atoms with E-state index in [2.05, 4.69) is 13.0 Å².